The molecule has 0 bridgehead atoms. The number of hydrogen-bond acceptors (Lipinski definition) is 2. The third-order valence-electron chi connectivity index (χ3n) is 10.9. The number of fused-ring (bicyclic) bond motifs is 11. The number of rotatable bonds is 3. The van der Waals surface area contributed by atoms with Gasteiger partial charge in [-0.15, -0.1) is 0 Å². The molecule has 0 unspecified atom stereocenters. The lowest BCUT2D eigenvalue weighted by Crippen LogP contribution is -2.36. The van der Waals surface area contributed by atoms with E-state index >= 15 is 0 Å². The van der Waals surface area contributed by atoms with Crippen LogP contribution in [-0.4, -0.2) is 4.57 Å². The Morgan fingerprint density at radius 2 is 0.962 bits per heavy atom. The van der Waals surface area contributed by atoms with Crippen LogP contribution in [0.2, 0.25) is 0 Å². The van der Waals surface area contributed by atoms with Crippen LogP contribution in [0.3, 0.4) is 0 Å². The summed E-state index contributed by atoms with van der Waals surface area (Å²) in [6.07, 6.45) is 0. The molecule has 3 heteroatoms. The molecule has 0 atom stereocenters. The van der Waals surface area contributed by atoms with Crippen molar-refractivity contribution in [3.05, 3.63) is 210 Å². The summed E-state index contributed by atoms with van der Waals surface area (Å²) in [5.41, 5.74) is 11.8. The van der Waals surface area contributed by atoms with E-state index in [1.165, 1.54) is 27.4 Å². The first kappa shape index (κ1) is 28.9. The second-order valence-electron chi connectivity index (χ2n) is 13.6. The van der Waals surface area contributed by atoms with E-state index in [1.54, 1.807) is 0 Å². The van der Waals surface area contributed by atoms with E-state index in [4.69, 9.17) is 9.47 Å². The quantitative estimate of drug-likeness (QED) is 0.187. The summed E-state index contributed by atoms with van der Waals surface area (Å²) in [7, 11) is 0. The van der Waals surface area contributed by atoms with E-state index in [0.29, 0.717) is 0 Å². The second kappa shape index (κ2) is 11.1. The highest BCUT2D eigenvalue weighted by atomic mass is 16.5. The van der Waals surface area contributed by atoms with Crippen molar-refractivity contribution in [1.29, 1.82) is 0 Å². The Morgan fingerprint density at radius 1 is 0.365 bits per heavy atom. The van der Waals surface area contributed by atoms with Crippen LogP contribution in [-0.2, 0) is 5.41 Å². The summed E-state index contributed by atoms with van der Waals surface area (Å²) in [4.78, 5) is 0. The van der Waals surface area contributed by atoms with Crippen LogP contribution in [0.15, 0.2) is 188 Å². The van der Waals surface area contributed by atoms with Crippen LogP contribution in [0.4, 0.5) is 0 Å². The van der Waals surface area contributed by atoms with Gasteiger partial charge in [0, 0.05) is 38.7 Å². The number of para-hydroxylation sites is 4. The molecular weight excluding hydrogens is 635 g/mol. The summed E-state index contributed by atoms with van der Waals surface area (Å²) in [6, 6.07) is 67.0. The van der Waals surface area contributed by atoms with Gasteiger partial charge < -0.3 is 14.0 Å². The molecule has 1 spiro atoms. The summed E-state index contributed by atoms with van der Waals surface area (Å²) >= 11 is 0. The van der Waals surface area contributed by atoms with Crippen LogP contribution in [0.5, 0.6) is 23.0 Å². The van der Waals surface area contributed by atoms with Crippen molar-refractivity contribution >= 4 is 21.8 Å². The predicted molar refractivity (Wildman–Crippen MR) is 210 cm³/mol. The Morgan fingerprint density at radius 3 is 1.75 bits per heavy atom. The lowest BCUT2D eigenvalue weighted by molar-refractivity contribution is 0.399. The van der Waals surface area contributed by atoms with Gasteiger partial charge in [-0.3, -0.25) is 0 Å². The van der Waals surface area contributed by atoms with Crippen molar-refractivity contribution in [2.45, 2.75) is 5.41 Å². The molecule has 0 amide bonds. The summed E-state index contributed by atoms with van der Waals surface area (Å²) in [5.74, 6) is 3.39. The van der Waals surface area contributed by atoms with Crippen LogP contribution in [0.25, 0.3) is 49.7 Å². The molecule has 8 aromatic carbocycles. The van der Waals surface area contributed by atoms with Crippen LogP contribution in [0, 0.1) is 0 Å². The lowest BCUT2D eigenvalue weighted by atomic mass is 9.62. The number of nitrogens with zero attached hydrogens (tertiary/aromatic N) is 1. The zero-order valence-corrected chi connectivity index (χ0v) is 28.2. The molecule has 52 heavy (non-hydrogen) atoms. The molecule has 3 nitrogen and oxygen atoms in total. The molecule has 0 fully saturated rings. The number of hydrogen-bond donors (Lipinski definition) is 0. The number of ether oxygens (including phenoxy) is 2. The Hall–Kier alpha value is -6.84. The molecule has 11 rings (SSSR count). The fourth-order valence-corrected chi connectivity index (χ4v) is 8.76. The first-order valence-electron chi connectivity index (χ1n) is 17.8. The van der Waals surface area contributed by atoms with Crippen molar-refractivity contribution < 1.29 is 9.47 Å². The molecular formula is C49H31NO2. The normalized spacial score (nSPS) is 13.5. The third-order valence-corrected chi connectivity index (χ3v) is 10.9. The highest BCUT2D eigenvalue weighted by molar-refractivity contribution is 6.15. The first-order chi connectivity index (χ1) is 25.8. The minimum absolute atomic E-state index is 0.689. The molecule has 9 aromatic rings. The minimum atomic E-state index is -0.689. The molecule has 3 heterocycles. The number of aromatic nitrogens is 1. The van der Waals surface area contributed by atoms with Gasteiger partial charge >= 0.3 is 0 Å². The molecule has 0 radical (unpaired) electrons. The fraction of sp³-hybridized carbons (Fsp3) is 0.0204. The van der Waals surface area contributed by atoms with E-state index in [1.807, 2.05) is 0 Å². The summed E-state index contributed by atoms with van der Waals surface area (Å²) in [5, 5.41) is 2.45. The molecule has 2 aliphatic heterocycles. The maximum absolute atomic E-state index is 6.96. The largest absolute Gasteiger partial charge is 0.457 e. The maximum atomic E-state index is 6.96. The van der Waals surface area contributed by atoms with Gasteiger partial charge in [-0.05, 0) is 76.9 Å². The molecule has 1 aromatic heterocycles. The highest BCUT2D eigenvalue weighted by Gasteiger charge is 2.50. The molecule has 0 N–H and O–H groups in total. The van der Waals surface area contributed by atoms with Crippen molar-refractivity contribution in [3.8, 4) is 50.9 Å². The summed E-state index contributed by atoms with van der Waals surface area (Å²) < 4.78 is 16.0. The molecule has 0 aliphatic carbocycles. The average molecular weight is 666 g/mol. The van der Waals surface area contributed by atoms with Gasteiger partial charge in [0.1, 0.15) is 23.0 Å². The zero-order valence-electron chi connectivity index (χ0n) is 28.2. The third kappa shape index (κ3) is 4.02. The van der Waals surface area contributed by atoms with Gasteiger partial charge in [-0.25, -0.2) is 0 Å². The van der Waals surface area contributed by atoms with E-state index in [2.05, 4.69) is 193 Å². The topological polar surface area (TPSA) is 23.4 Å². The second-order valence-corrected chi connectivity index (χ2v) is 13.6. The van der Waals surface area contributed by atoms with Gasteiger partial charge in [0.25, 0.3) is 0 Å². The van der Waals surface area contributed by atoms with E-state index < -0.39 is 5.41 Å². The minimum Gasteiger partial charge on any atom is -0.457 e. The first-order valence-corrected chi connectivity index (χ1v) is 17.8. The van der Waals surface area contributed by atoms with Crippen molar-refractivity contribution in [3.63, 3.8) is 0 Å². The fourth-order valence-electron chi connectivity index (χ4n) is 8.76. The Balaban J connectivity index is 1.21. The van der Waals surface area contributed by atoms with E-state index in [-0.39, 0.29) is 0 Å². The SMILES string of the molecule is c1ccc(-c2ccc3c(c2)Oc2ccc(-c4cccc5c4c4ccccc4n5-c4ccccc4)cc2C32c3ccccc3Oc3ccccc32)cc1. The van der Waals surface area contributed by atoms with E-state index in [0.717, 1.165) is 67.6 Å². The van der Waals surface area contributed by atoms with Crippen molar-refractivity contribution in [2.75, 3.05) is 0 Å². The summed E-state index contributed by atoms with van der Waals surface area (Å²) in [6.45, 7) is 0. The smallest absolute Gasteiger partial charge is 0.132 e. The molecule has 0 saturated carbocycles. The number of benzene rings is 8. The van der Waals surface area contributed by atoms with Gasteiger partial charge in [-0.2, -0.15) is 0 Å². The van der Waals surface area contributed by atoms with Gasteiger partial charge in [0.2, 0.25) is 0 Å². The molecule has 244 valence electrons. The van der Waals surface area contributed by atoms with Gasteiger partial charge in [0.05, 0.1) is 16.4 Å². The van der Waals surface area contributed by atoms with E-state index in [9.17, 15) is 0 Å². The average Bonchev–Trinajstić information content (AvgIpc) is 3.56. The van der Waals surface area contributed by atoms with Gasteiger partial charge in [0.15, 0.2) is 0 Å². The Bertz CT molecular complexity index is 2810. The Kier molecular flexibility index (Phi) is 6.17. The molecule has 0 saturated heterocycles. The molecule has 2 aliphatic rings. The van der Waals surface area contributed by atoms with Crippen LogP contribution in [0.1, 0.15) is 22.3 Å². The van der Waals surface area contributed by atoms with Crippen molar-refractivity contribution in [1.82, 2.24) is 4.57 Å². The maximum Gasteiger partial charge on any atom is 0.132 e. The Labute approximate surface area is 301 Å². The zero-order chi connectivity index (χ0) is 34.2. The van der Waals surface area contributed by atoms with Crippen molar-refractivity contribution in [2.24, 2.45) is 0 Å². The van der Waals surface area contributed by atoms with Crippen LogP contribution < -0.4 is 9.47 Å². The predicted octanol–water partition coefficient (Wildman–Crippen LogP) is 12.7. The highest BCUT2D eigenvalue weighted by Crippen LogP contribution is 2.62. The monoisotopic (exact) mass is 665 g/mol. The van der Waals surface area contributed by atoms with Crippen LogP contribution >= 0.6 is 0 Å². The van der Waals surface area contributed by atoms with Gasteiger partial charge in [-0.1, -0.05) is 133 Å². The lowest BCUT2D eigenvalue weighted by Gasteiger charge is -2.45. The standard InChI is InChI=1S/C49H31NO2/c1-3-14-32(15-4-1)33-26-28-40-47(31-33)52-46-29-27-34(30-41(46)49(40)38-20-8-11-24-44(38)51-45-25-12-9-21-39(45)49)36-19-13-23-43-48(36)37-18-7-10-22-42(37)50(43)35-16-5-2-6-17-35/h1-31H.